The number of ether oxygens (including phenoxy) is 1. The Kier molecular flexibility index (Phi) is 4.02. The van der Waals surface area contributed by atoms with Crippen LogP contribution < -0.4 is 0 Å². The quantitative estimate of drug-likeness (QED) is 0.673. The Balaban J connectivity index is 1.75. The number of benzene rings is 2. The molecular weight excluding hydrogens is 305 g/mol. The second kappa shape index (κ2) is 6.12. The van der Waals surface area contributed by atoms with E-state index in [1.165, 1.54) is 18.2 Å². The van der Waals surface area contributed by atoms with Gasteiger partial charge in [-0.1, -0.05) is 41.9 Å². The highest BCUT2D eigenvalue weighted by Gasteiger charge is 2.11. The molecule has 0 spiro atoms. The number of carbonyl (C=O) groups is 1. The Bertz CT molecular complexity index is 851. The summed E-state index contributed by atoms with van der Waals surface area (Å²) in [6.07, 6.45) is 0. The third-order valence-electron chi connectivity index (χ3n) is 3.18. The molecule has 1 heterocycles. The molecule has 0 aliphatic carbocycles. The first-order valence-electron chi connectivity index (χ1n) is 6.60. The monoisotopic (exact) mass is 315 g/mol. The molecule has 0 N–H and O–H groups in total. The first-order chi connectivity index (χ1) is 10.6. The summed E-state index contributed by atoms with van der Waals surface area (Å²) < 4.78 is 18.1. The number of pyridine rings is 1. The Labute approximate surface area is 131 Å². The third kappa shape index (κ3) is 3.07. The zero-order valence-electron chi connectivity index (χ0n) is 11.4. The van der Waals surface area contributed by atoms with Gasteiger partial charge in [-0.25, -0.2) is 14.2 Å². The first-order valence-corrected chi connectivity index (χ1v) is 6.98. The summed E-state index contributed by atoms with van der Waals surface area (Å²) in [6.45, 7) is -0.0353. The molecule has 3 nitrogen and oxygen atoms in total. The molecule has 110 valence electrons. The summed E-state index contributed by atoms with van der Waals surface area (Å²) in [7, 11) is 0. The molecule has 1 aromatic heterocycles. The SMILES string of the molecule is O=C(OCc1ccc(F)cc1Cl)c1ccc2ccccc2n1. The van der Waals surface area contributed by atoms with Crippen LogP contribution in [0.25, 0.3) is 10.9 Å². The van der Waals surface area contributed by atoms with Crippen LogP contribution in [0.2, 0.25) is 5.02 Å². The van der Waals surface area contributed by atoms with Crippen molar-refractivity contribution in [2.45, 2.75) is 6.61 Å². The van der Waals surface area contributed by atoms with Crippen LogP contribution in [0.15, 0.2) is 54.6 Å². The minimum atomic E-state index is -0.550. The number of halogens is 2. The maximum absolute atomic E-state index is 13.0. The van der Waals surface area contributed by atoms with Gasteiger partial charge in [0.15, 0.2) is 0 Å². The highest BCUT2D eigenvalue weighted by atomic mass is 35.5. The van der Waals surface area contributed by atoms with Gasteiger partial charge in [0.05, 0.1) is 10.5 Å². The van der Waals surface area contributed by atoms with Gasteiger partial charge in [-0.2, -0.15) is 0 Å². The van der Waals surface area contributed by atoms with Gasteiger partial charge < -0.3 is 4.74 Å². The number of hydrogen-bond donors (Lipinski definition) is 0. The lowest BCUT2D eigenvalue weighted by Gasteiger charge is -2.07. The minimum Gasteiger partial charge on any atom is -0.456 e. The van der Waals surface area contributed by atoms with E-state index in [0.29, 0.717) is 5.56 Å². The largest absolute Gasteiger partial charge is 0.456 e. The number of rotatable bonds is 3. The summed E-state index contributed by atoms with van der Waals surface area (Å²) in [5.74, 6) is -0.984. The van der Waals surface area contributed by atoms with Crippen molar-refractivity contribution in [3.63, 3.8) is 0 Å². The molecule has 0 saturated heterocycles. The van der Waals surface area contributed by atoms with Gasteiger partial charge >= 0.3 is 5.97 Å². The number of nitrogens with zero attached hydrogens (tertiary/aromatic N) is 1. The number of carbonyl (C=O) groups excluding carboxylic acids is 1. The van der Waals surface area contributed by atoms with Gasteiger partial charge in [-0.15, -0.1) is 0 Å². The maximum Gasteiger partial charge on any atom is 0.357 e. The van der Waals surface area contributed by atoms with E-state index in [4.69, 9.17) is 16.3 Å². The fraction of sp³-hybridized carbons (Fsp3) is 0.0588. The van der Waals surface area contributed by atoms with Crippen molar-refractivity contribution in [2.24, 2.45) is 0 Å². The molecule has 2 aromatic carbocycles. The van der Waals surface area contributed by atoms with E-state index in [0.717, 1.165) is 10.9 Å². The van der Waals surface area contributed by atoms with E-state index < -0.39 is 11.8 Å². The van der Waals surface area contributed by atoms with Gasteiger partial charge in [0.1, 0.15) is 18.1 Å². The van der Waals surface area contributed by atoms with Crippen molar-refractivity contribution in [1.82, 2.24) is 4.98 Å². The van der Waals surface area contributed by atoms with Gasteiger partial charge in [-0.3, -0.25) is 0 Å². The van der Waals surface area contributed by atoms with E-state index in [2.05, 4.69) is 4.98 Å². The molecule has 0 bridgehead atoms. The first kappa shape index (κ1) is 14.5. The normalized spacial score (nSPS) is 10.6. The predicted octanol–water partition coefficient (Wildman–Crippen LogP) is 4.38. The van der Waals surface area contributed by atoms with Crippen LogP contribution in [0.3, 0.4) is 0 Å². The van der Waals surface area contributed by atoms with Crippen LogP contribution >= 0.6 is 11.6 Å². The maximum atomic E-state index is 13.0. The van der Waals surface area contributed by atoms with E-state index in [1.807, 2.05) is 30.3 Å². The molecule has 0 aliphatic rings. The number of fused-ring (bicyclic) bond motifs is 1. The fourth-order valence-corrected chi connectivity index (χ4v) is 2.26. The molecule has 3 rings (SSSR count). The average molecular weight is 316 g/mol. The lowest BCUT2D eigenvalue weighted by atomic mass is 10.2. The number of esters is 1. The number of hydrogen-bond acceptors (Lipinski definition) is 3. The molecule has 22 heavy (non-hydrogen) atoms. The Morgan fingerprint density at radius 3 is 2.77 bits per heavy atom. The molecule has 0 atom stereocenters. The fourth-order valence-electron chi connectivity index (χ4n) is 2.04. The molecule has 0 fully saturated rings. The van der Waals surface area contributed by atoms with Crippen molar-refractivity contribution in [1.29, 1.82) is 0 Å². The molecule has 0 amide bonds. The van der Waals surface area contributed by atoms with Crippen molar-refractivity contribution in [3.05, 3.63) is 76.7 Å². The van der Waals surface area contributed by atoms with Gasteiger partial charge in [-0.05, 0) is 24.3 Å². The van der Waals surface area contributed by atoms with E-state index in [9.17, 15) is 9.18 Å². The predicted molar refractivity (Wildman–Crippen MR) is 82.3 cm³/mol. The Morgan fingerprint density at radius 2 is 1.95 bits per heavy atom. The lowest BCUT2D eigenvalue weighted by molar-refractivity contribution is 0.0466. The second-order valence-electron chi connectivity index (χ2n) is 4.70. The molecule has 0 radical (unpaired) electrons. The van der Waals surface area contributed by atoms with E-state index in [1.54, 1.807) is 6.07 Å². The van der Waals surface area contributed by atoms with Crippen LogP contribution in [-0.2, 0) is 11.3 Å². The molecule has 0 unspecified atom stereocenters. The Hall–Kier alpha value is -2.46. The molecule has 5 heteroatoms. The summed E-state index contributed by atoms with van der Waals surface area (Å²) >= 11 is 5.89. The van der Waals surface area contributed by atoms with Crippen LogP contribution in [0.4, 0.5) is 4.39 Å². The Morgan fingerprint density at radius 1 is 1.14 bits per heavy atom. The molecular formula is C17H11ClFNO2. The van der Waals surface area contributed by atoms with Crippen LogP contribution in [-0.4, -0.2) is 11.0 Å². The van der Waals surface area contributed by atoms with Crippen molar-refractivity contribution >= 4 is 28.5 Å². The highest BCUT2D eigenvalue weighted by molar-refractivity contribution is 6.31. The molecule has 0 aliphatic heterocycles. The summed E-state index contributed by atoms with van der Waals surface area (Å²) in [6, 6.07) is 14.8. The average Bonchev–Trinajstić information content (AvgIpc) is 2.53. The topological polar surface area (TPSA) is 39.2 Å². The minimum absolute atomic E-state index is 0.0353. The van der Waals surface area contributed by atoms with Crippen molar-refractivity contribution < 1.29 is 13.9 Å². The molecule has 0 saturated carbocycles. The van der Waals surface area contributed by atoms with Gasteiger partial charge in [0.2, 0.25) is 0 Å². The second-order valence-corrected chi connectivity index (χ2v) is 5.11. The standard InChI is InChI=1S/C17H11ClFNO2/c18-14-9-13(19)7-5-12(14)10-22-17(21)16-8-6-11-3-1-2-4-15(11)20-16/h1-9H,10H2. The van der Waals surface area contributed by atoms with Crippen molar-refractivity contribution in [3.8, 4) is 0 Å². The van der Waals surface area contributed by atoms with E-state index >= 15 is 0 Å². The zero-order chi connectivity index (χ0) is 15.5. The third-order valence-corrected chi connectivity index (χ3v) is 3.53. The van der Waals surface area contributed by atoms with Gasteiger partial charge in [0, 0.05) is 10.9 Å². The summed E-state index contributed by atoms with van der Waals surface area (Å²) in [4.78, 5) is 16.3. The van der Waals surface area contributed by atoms with Crippen LogP contribution in [0.1, 0.15) is 16.1 Å². The zero-order valence-corrected chi connectivity index (χ0v) is 12.2. The van der Waals surface area contributed by atoms with Crippen molar-refractivity contribution in [2.75, 3.05) is 0 Å². The number of para-hydroxylation sites is 1. The van der Waals surface area contributed by atoms with E-state index in [-0.39, 0.29) is 17.3 Å². The smallest absolute Gasteiger partial charge is 0.357 e. The lowest BCUT2D eigenvalue weighted by Crippen LogP contribution is -2.07. The molecule has 3 aromatic rings. The highest BCUT2D eigenvalue weighted by Crippen LogP contribution is 2.19. The summed E-state index contributed by atoms with van der Waals surface area (Å²) in [5.41, 5.74) is 1.48. The van der Waals surface area contributed by atoms with Crippen LogP contribution in [0.5, 0.6) is 0 Å². The van der Waals surface area contributed by atoms with Gasteiger partial charge in [0.25, 0.3) is 0 Å². The summed E-state index contributed by atoms with van der Waals surface area (Å²) in [5, 5.41) is 1.17. The van der Waals surface area contributed by atoms with Crippen LogP contribution in [0, 0.1) is 5.82 Å². The number of aromatic nitrogens is 1.